The molecule has 1 aliphatic rings. The highest BCUT2D eigenvalue weighted by atomic mass is 16.5. The third-order valence-corrected chi connectivity index (χ3v) is 3.02. The van der Waals surface area contributed by atoms with Gasteiger partial charge in [-0.2, -0.15) is 0 Å². The molecule has 0 saturated heterocycles. The summed E-state index contributed by atoms with van der Waals surface area (Å²) in [4.78, 5) is 4.26. The largest absolute Gasteiger partial charge is 0.495 e. The number of aromatic nitrogens is 1. The molecule has 1 aliphatic carbocycles. The number of anilines is 1. The van der Waals surface area contributed by atoms with Crippen molar-refractivity contribution in [2.45, 2.75) is 37.8 Å². The SMILES string of the molecule is COc1ccc(NC2CCC(O)CC2)nc1. The zero-order chi connectivity index (χ0) is 11.4. The molecule has 0 radical (unpaired) electrons. The van der Waals surface area contributed by atoms with Crippen LogP contribution in [-0.4, -0.2) is 29.3 Å². The maximum Gasteiger partial charge on any atom is 0.137 e. The van der Waals surface area contributed by atoms with Crippen LogP contribution in [0.2, 0.25) is 0 Å². The third kappa shape index (κ3) is 2.85. The monoisotopic (exact) mass is 222 g/mol. The van der Waals surface area contributed by atoms with Crippen LogP contribution in [0, 0.1) is 0 Å². The fourth-order valence-corrected chi connectivity index (χ4v) is 2.02. The van der Waals surface area contributed by atoms with Gasteiger partial charge >= 0.3 is 0 Å². The zero-order valence-corrected chi connectivity index (χ0v) is 9.52. The molecular formula is C12H18N2O2. The standard InChI is InChI=1S/C12H18N2O2/c1-16-11-6-7-12(13-8-11)14-9-2-4-10(15)5-3-9/h6-10,15H,2-5H2,1H3,(H,13,14). The Balaban J connectivity index is 1.88. The van der Waals surface area contributed by atoms with E-state index in [-0.39, 0.29) is 6.10 Å². The van der Waals surface area contributed by atoms with Crippen molar-refractivity contribution in [1.82, 2.24) is 4.98 Å². The lowest BCUT2D eigenvalue weighted by molar-refractivity contribution is 0.126. The highest BCUT2D eigenvalue weighted by molar-refractivity contribution is 5.38. The lowest BCUT2D eigenvalue weighted by Crippen LogP contribution is -2.28. The molecule has 0 bridgehead atoms. The van der Waals surface area contributed by atoms with Crippen molar-refractivity contribution in [2.24, 2.45) is 0 Å². The van der Waals surface area contributed by atoms with Crippen LogP contribution in [0.3, 0.4) is 0 Å². The highest BCUT2D eigenvalue weighted by Gasteiger charge is 2.19. The van der Waals surface area contributed by atoms with Gasteiger partial charge in [-0.3, -0.25) is 0 Å². The van der Waals surface area contributed by atoms with E-state index in [2.05, 4.69) is 10.3 Å². The molecule has 0 unspecified atom stereocenters. The van der Waals surface area contributed by atoms with Gasteiger partial charge in [0.05, 0.1) is 19.4 Å². The summed E-state index contributed by atoms with van der Waals surface area (Å²) in [6.07, 6.45) is 5.38. The predicted molar refractivity (Wildman–Crippen MR) is 62.7 cm³/mol. The van der Waals surface area contributed by atoms with Crippen molar-refractivity contribution in [3.63, 3.8) is 0 Å². The Kier molecular flexibility index (Phi) is 3.62. The molecule has 4 heteroatoms. The van der Waals surface area contributed by atoms with Gasteiger partial charge in [-0.15, -0.1) is 0 Å². The molecule has 1 aromatic rings. The summed E-state index contributed by atoms with van der Waals surface area (Å²) < 4.78 is 5.05. The van der Waals surface area contributed by atoms with Gasteiger partial charge in [0.15, 0.2) is 0 Å². The highest BCUT2D eigenvalue weighted by Crippen LogP contribution is 2.21. The minimum Gasteiger partial charge on any atom is -0.495 e. The van der Waals surface area contributed by atoms with Crippen molar-refractivity contribution in [1.29, 1.82) is 0 Å². The maximum absolute atomic E-state index is 9.40. The number of methoxy groups -OCH3 is 1. The van der Waals surface area contributed by atoms with E-state index >= 15 is 0 Å². The number of rotatable bonds is 3. The Morgan fingerprint density at radius 3 is 2.62 bits per heavy atom. The van der Waals surface area contributed by atoms with E-state index in [1.165, 1.54) is 0 Å². The molecule has 0 amide bonds. The molecule has 0 aliphatic heterocycles. The number of ether oxygens (including phenoxy) is 1. The summed E-state index contributed by atoms with van der Waals surface area (Å²) >= 11 is 0. The van der Waals surface area contributed by atoms with Gasteiger partial charge in [0.25, 0.3) is 0 Å². The van der Waals surface area contributed by atoms with Gasteiger partial charge in [0.2, 0.25) is 0 Å². The summed E-state index contributed by atoms with van der Waals surface area (Å²) in [5.74, 6) is 1.65. The molecule has 4 nitrogen and oxygen atoms in total. The van der Waals surface area contributed by atoms with Crippen LogP contribution in [-0.2, 0) is 0 Å². The summed E-state index contributed by atoms with van der Waals surface area (Å²) in [7, 11) is 1.63. The molecule has 0 aromatic carbocycles. The Bertz CT molecular complexity index is 318. The van der Waals surface area contributed by atoms with Crippen LogP contribution < -0.4 is 10.1 Å². The van der Waals surface area contributed by atoms with E-state index in [0.29, 0.717) is 6.04 Å². The maximum atomic E-state index is 9.40. The minimum atomic E-state index is -0.109. The Morgan fingerprint density at radius 1 is 1.31 bits per heavy atom. The summed E-state index contributed by atoms with van der Waals surface area (Å²) in [6, 6.07) is 4.25. The second-order valence-corrected chi connectivity index (χ2v) is 4.23. The number of nitrogens with zero attached hydrogens (tertiary/aromatic N) is 1. The molecule has 1 aromatic heterocycles. The molecule has 88 valence electrons. The fraction of sp³-hybridized carbons (Fsp3) is 0.583. The summed E-state index contributed by atoms with van der Waals surface area (Å²) in [6.45, 7) is 0. The van der Waals surface area contributed by atoms with E-state index in [1.807, 2.05) is 12.1 Å². The molecule has 1 fully saturated rings. The first-order valence-corrected chi connectivity index (χ1v) is 5.72. The van der Waals surface area contributed by atoms with E-state index < -0.39 is 0 Å². The topological polar surface area (TPSA) is 54.4 Å². The van der Waals surface area contributed by atoms with Crippen LogP contribution in [0.1, 0.15) is 25.7 Å². The summed E-state index contributed by atoms with van der Waals surface area (Å²) in [5.41, 5.74) is 0. The van der Waals surface area contributed by atoms with Gasteiger partial charge in [-0.05, 0) is 37.8 Å². The molecule has 1 heterocycles. The van der Waals surface area contributed by atoms with E-state index in [1.54, 1.807) is 13.3 Å². The molecule has 16 heavy (non-hydrogen) atoms. The number of aliphatic hydroxyl groups excluding tert-OH is 1. The van der Waals surface area contributed by atoms with Crippen molar-refractivity contribution < 1.29 is 9.84 Å². The van der Waals surface area contributed by atoms with Crippen LogP contribution >= 0.6 is 0 Å². The lowest BCUT2D eigenvalue weighted by Gasteiger charge is -2.26. The molecule has 1 saturated carbocycles. The Labute approximate surface area is 95.7 Å². The Morgan fingerprint density at radius 2 is 2.06 bits per heavy atom. The fourth-order valence-electron chi connectivity index (χ4n) is 2.02. The molecule has 0 atom stereocenters. The molecular weight excluding hydrogens is 204 g/mol. The van der Waals surface area contributed by atoms with Gasteiger partial charge in [0.1, 0.15) is 11.6 Å². The van der Waals surface area contributed by atoms with Gasteiger partial charge < -0.3 is 15.2 Å². The van der Waals surface area contributed by atoms with Gasteiger partial charge in [-0.25, -0.2) is 4.98 Å². The van der Waals surface area contributed by atoms with Crippen molar-refractivity contribution in [2.75, 3.05) is 12.4 Å². The first-order chi connectivity index (χ1) is 7.78. The second-order valence-electron chi connectivity index (χ2n) is 4.23. The van der Waals surface area contributed by atoms with Crippen molar-refractivity contribution in [3.05, 3.63) is 18.3 Å². The molecule has 2 N–H and O–H groups in total. The first-order valence-electron chi connectivity index (χ1n) is 5.72. The lowest BCUT2D eigenvalue weighted by atomic mass is 9.93. The number of nitrogens with one attached hydrogen (secondary N) is 1. The number of aliphatic hydroxyl groups is 1. The predicted octanol–water partition coefficient (Wildman–Crippen LogP) is 1.81. The summed E-state index contributed by atoms with van der Waals surface area (Å²) in [5, 5.41) is 12.8. The zero-order valence-electron chi connectivity index (χ0n) is 9.52. The number of hydrogen-bond donors (Lipinski definition) is 2. The average molecular weight is 222 g/mol. The smallest absolute Gasteiger partial charge is 0.137 e. The van der Waals surface area contributed by atoms with Crippen LogP contribution in [0.4, 0.5) is 5.82 Å². The average Bonchev–Trinajstić information content (AvgIpc) is 2.33. The molecule has 2 rings (SSSR count). The molecule has 0 spiro atoms. The minimum absolute atomic E-state index is 0.109. The van der Waals surface area contributed by atoms with Gasteiger partial charge in [-0.1, -0.05) is 0 Å². The van der Waals surface area contributed by atoms with Crippen LogP contribution in [0.5, 0.6) is 5.75 Å². The number of pyridine rings is 1. The van der Waals surface area contributed by atoms with E-state index in [0.717, 1.165) is 37.3 Å². The number of hydrogen-bond acceptors (Lipinski definition) is 4. The van der Waals surface area contributed by atoms with Crippen molar-refractivity contribution >= 4 is 5.82 Å². The normalized spacial score (nSPS) is 25.1. The second kappa shape index (κ2) is 5.16. The first kappa shape index (κ1) is 11.2. The third-order valence-electron chi connectivity index (χ3n) is 3.02. The van der Waals surface area contributed by atoms with E-state index in [4.69, 9.17) is 4.74 Å². The van der Waals surface area contributed by atoms with Crippen LogP contribution in [0.15, 0.2) is 18.3 Å². The quantitative estimate of drug-likeness (QED) is 0.819. The van der Waals surface area contributed by atoms with Crippen molar-refractivity contribution in [3.8, 4) is 5.75 Å². The van der Waals surface area contributed by atoms with Crippen LogP contribution in [0.25, 0.3) is 0 Å². The van der Waals surface area contributed by atoms with Gasteiger partial charge in [0, 0.05) is 6.04 Å². The Hall–Kier alpha value is -1.29. The van der Waals surface area contributed by atoms with E-state index in [9.17, 15) is 5.11 Å².